The van der Waals surface area contributed by atoms with Gasteiger partial charge in [-0.1, -0.05) is 80.0 Å². The normalized spacial score (nSPS) is 17.8. The van der Waals surface area contributed by atoms with Gasteiger partial charge in [0, 0.05) is 4.47 Å². The lowest BCUT2D eigenvalue weighted by Gasteiger charge is -2.42. The maximum Gasteiger partial charge on any atom is 0.338 e. The van der Waals surface area contributed by atoms with Gasteiger partial charge in [0.1, 0.15) is 0 Å². The molecule has 0 aliphatic heterocycles. The highest BCUT2D eigenvalue weighted by molar-refractivity contribution is 9.10. The molecule has 2 aromatic carbocycles. The van der Waals surface area contributed by atoms with Crippen molar-refractivity contribution in [2.45, 2.75) is 65.2 Å². The van der Waals surface area contributed by atoms with Gasteiger partial charge >= 0.3 is 5.97 Å². The molecule has 1 aliphatic rings. The highest BCUT2D eigenvalue weighted by atomic mass is 79.9. The van der Waals surface area contributed by atoms with Crippen LogP contribution in [0.25, 0.3) is 11.1 Å². The number of carbonyl (C=O) groups excluding carboxylic acids is 1. The van der Waals surface area contributed by atoms with Gasteiger partial charge in [0.25, 0.3) is 0 Å². The van der Waals surface area contributed by atoms with E-state index in [-0.39, 0.29) is 16.8 Å². The molecule has 0 saturated heterocycles. The van der Waals surface area contributed by atoms with Gasteiger partial charge in [-0.05, 0) is 83.6 Å². The van der Waals surface area contributed by atoms with E-state index in [9.17, 15) is 4.79 Å². The minimum atomic E-state index is -0.307. The summed E-state index contributed by atoms with van der Waals surface area (Å²) in [5.41, 5.74) is 6.99. The van der Waals surface area contributed by atoms with Crippen molar-refractivity contribution in [1.29, 1.82) is 0 Å². The first-order valence-electron chi connectivity index (χ1n) is 11.0. The maximum absolute atomic E-state index is 12.6. The van der Waals surface area contributed by atoms with E-state index >= 15 is 0 Å². The third-order valence-electron chi connectivity index (χ3n) is 6.44. The highest BCUT2D eigenvalue weighted by Crippen LogP contribution is 2.46. The van der Waals surface area contributed by atoms with E-state index < -0.39 is 0 Å². The van der Waals surface area contributed by atoms with Gasteiger partial charge in [-0.25, -0.2) is 4.79 Å². The second-order valence-electron chi connectivity index (χ2n) is 9.69. The molecule has 31 heavy (non-hydrogen) atoms. The van der Waals surface area contributed by atoms with Crippen LogP contribution in [0, 0.1) is 0 Å². The van der Waals surface area contributed by atoms with Crippen molar-refractivity contribution < 1.29 is 9.53 Å². The molecule has 164 valence electrons. The van der Waals surface area contributed by atoms with E-state index in [2.05, 4.69) is 68.7 Å². The first-order chi connectivity index (χ1) is 14.5. The van der Waals surface area contributed by atoms with Crippen molar-refractivity contribution in [2.75, 3.05) is 6.61 Å². The molecule has 0 heterocycles. The standard InChI is InChI=1S/C28H33BrO2/c1-7-31-26(30)23(21-9-8-10-22(29)17-21)13-11-19(2)20-12-14-24-25(18-20)28(5,6)16-15-27(24,3)4/h8-14,17-18H,7,15-16H2,1-6H3. The number of halogens is 1. The number of rotatable bonds is 5. The first kappa shape index (κ1) is 23.5. The lowest BCUT2D eigenvalue weighted by atomic mass is 9.63. The Balaban J connectivity index is 2.02. The van der Waals surface area contributed by atoms with E-state index in [1.165, 1.54) is 29.5 Å². The van der Waals surface area contributed by atoms with Crippen molar-refractivity contribution in [2.24, 2.45) is 0 Å². The van der Waals surface area contributed by atoms with E-state index in [1.807, 2.05) is 43.3 Å². The lowest BCUT2D eigenvalue weighted by Crippen LogP contribution is -2.33. The molecule has 3 heteroatoms. The Kier molecular flexibility index (Phi) is 6.95. The zero-order chi connectivity index (χ0) is 22.8. The third-order valence-corrected chi connectivity index (χ3v) is 6.93. The number of hydrogen-bond donors (Lipinski definition) is 0. The van der Waals surface area contributed by atoms with Gasteiger partial charge in [0.15, 0.2) is 0 Å². The van der Waals surface area contributed by atoms with Crippen LogP contribution in [0.1, 0.15) is 76.6 Å². The van der Waals surface area contributed by atoms with E-state index in [0.29, 0.717) is 12.2 Å². The van der Waals surface area contributed by atoms with Crippen LogP contribution in [0.4, 0.5) is 0 Å². The Morgan fingerprint density at radius 1 is 0.968 bits per heavy atom. The summed E-state index contributed by atoms with van der Waals surface area (Å²) in [4.78, 5) is 12.6. The van der Waals surface area contributed by atoms with Crippen molar-refractivity contribution in [3.05, 3.63) is 81.3 Å². The second-order valence-corrected chi connectivity index (χ2v) is 10.6. The zero-order valence-electron chi connectivity index (χ0n) is 19.5. The first-order valence-corrected chi connectivity index (χ1v) is 11.8. The van der Waals surface area contributed by atoms with Crippen LogP contribution in [0.3, 0.4) is 0 Å². The van der Waals surface area contributed by atoms with Crippen molar-refractivity contribution in [3.8, 4) is 0 Å². The minimum absolute atomic E-state index is 0.170. The second kappa shape index (κ2) is 9.16. The van der Waals surface area contributed by atoms with Crippen molar-refractivity contribution in [1.82, 2.24) is 0 Å². The predicted octanol–water partition coefficient (Wildman–Crippen LogP) is 7.85. The topological polar surface area (TPSA) is 26.3 Å². The van der Waals surface area contributed by atoms with Gasteiger partial charge in [-0.2, -0.15) is 0 Å². The Morgan fingerprint density at radius 2 is 1.65 bits per heavy atom. The molecule has 0 radical (unpaired) electrons. The molecule has 0 amide bonds. The summed E-state index contributed by atoms with van der Waals surface area (Å²) in [7, 11) is 0. The Hall–Kier alpha value is -2.13. The van der Waals surface area contributed by atoms with Gasteiger partial charge in [0.2, 0.25) is 0 Å². The molecule has 0 aromatic heterocycles. The summed E-state index contributed by atoms with van der Waals surface area (Å²) >= 11 is 3.50. The molecule has 0 bridgehead atoms. The average Bonchev–Trinajstić information content (AvgIpc) is 2.71. The molecule has 1 aliphatic carbocycles. The van der Waals surface area contributed by atoms with E-state index in [1.54, 1.807) is 0 Å². The summed E-state index contributed by atoms with van der Waals surface area (Å²) in [6.45, 7) is 13.6. The van der Waals surface area contributed by atoms with Crippen LogP contribution in [0.2, 0.25) is 0 Å². The minimum Gasteiger partial charge on any atom is -0.462 e. The number of benzene rings is 2. The molecular weight excluding hydrogens is 448 g/mol. The zero-order valence-corrected chi connectivity index (χ0v) is 21.1. The largest absolute Gasteiger partial charge is 0.462 e. The molecular formula is C28H33BrO2. The smallest absolute Gasteiger partial charge is 0.338 e. The summed E-state index contributed by atoms with van der Waals surface area (Å²) in [6.07, 6.45) is 6.30. The number of allylic oxidation sites excluding steroid dienone is 3. The molecule has 0 atom stereocenters. The molecule has 2 aromatic rings. The fourth-order valence-corrected chi connectivity index (χ4v) is 4.68. The Labute approximate surface area is 195 Å². The molecule has 3 rings (SSSR count). The summed E-state index contributed by atoms with van der Waals surface area (Å²) in [5.74, 6) is -0.307. The molecule has 0 fully saturated rings. The summed E-state index contributed by atoms with van der Waals surface area (Å²) < 4.78 is 6.24. The number of fused-ring (bicyclic) bond motifs is 1. The Morgan fingerprint density at radius 3 is 2.29 bits per heavy atom. The third kappa shape index (κ3) is 5.20. The summed E-state index contributed by atoms with van der Waals surface area (Å²) in [5, 5.41) is 0. The number of hydrogen-bond acceptors (Lipinski definition) is 2. The average molecular weight is 481 g/mol. The van der Waals surface area contributed by atoms with Crippen molar-refractivity contribution in [3.63, 3.8) is 0 Å². The highest BCUT2D eigenvalue weighted by Gasteiger charge is 2.36. The van der Waals surface area contributed by atoms with E-state index in [0.717, 1.165) is 15.6 Å². The van der Waals surface area contributed by atoms with Gasteiger partial charge in [-0.3, -0.25) is 0 Å². The van der Waals surface area contributed by atoms with E-state index in [4.69, 9.17) is 4.74 Å². The quantitative estimate of drug-likeness (QED) is 0.247. The number of carbonyl (C=O) groups is 1. The molecule has 0 saturated carbocycles. The van der Waals surface area contributed by atoms with Gasteiger partial charge in [-0.15, -0.1) is 0 Å². The van der Waals surface area contributed by atoms with Gasteiger partial charge < -0.3 is 4.74 Å². The monoisotopic (exact) mass is 480 g/mol. The lowest BCUT2D eigenvalue weighted by molar-refractivity contribution is -0.136. The van der Waals surface area contributed by atoms with Crippen molar-refractivity contribution >= 4 is 33.0 Å². The van der Waals surface area contributed by atoms with Crippen LogP contribution in [0.15, 0.2) is 59.1 Å². The van der Waals surface area contributed by atoms with Crippen LogP contribution in [-0.2, 0) is 20.4 Å². The number of ether oxygens (including phenoxy) is 1. The molecule has 0 spiro atoms. The fourth-order valence-electron chi connectivity index (χ4n) is 4.29. The Bertz CT molecular complexity index is 1040. The van der Waals surface area contributed by atoms with Crippen LogP contribution in [0.5, 0.6) is 0 Å². The number of esters is 1. The summed E-state index contributed by atoms with van der Waals surface area (Å²) in [6, 6.07) is 14.6. The maximum atomic E-state index is 12.6. The predicted molar refractivity (Wildman–Crippen MR) is 134 cm³/mol. The fraction of sp³-hybridized carbons (Fsp3) is 0.393. The van der Waals surface area contributed by atoms with Crippen LogP contribution >= 0.6 is 15.9 Å². The molecule has 0 unspecified atom stereocenters. The van der Waals surface area contributed by atoms with Crippen LogP contribution < -0.4 is 0 Å². The molecule has 0 N–H and O–H groups in total. The molecule has 2 nitrogen and oxygen atoms in total. The van der Waals surface area contributed by atoms with Crippen LogP contribution in [-0.4, -0.2) is 12.6 Å². The van der Waals surface area contributed by atoms with Gasteiger partial charge in [0.05, 0.1) is 12.2 Å². The SMILES string of the molecule is CCOC(=O)C(=CC=C(C)c1ccc2c(c1)C(C)(C)CCC2(C)C)c1cccc(Br)c1.